The van der Waals surface area contributed by atoms with Gasteiger partial charge in [0.05, 0.1) is 19.2 Å². The van der Waals surface area contributed by atoms with E-state index in [4.69, 9.17) is 25.2 Å². The summed E-state index contributed by atoms with van der Waals surface area (Å²) in [6.45, 7) is 0.169. The van der Waals surface area contributed by atoms with Gasteiger partial charge in [-0.2, -0.15) is 0 Å². The van der Waals surface area contributed by atoms with Gasteiger partial charge in [0.2, 0.25) is 0 Å². The smallest absolute Gasteiger partial charge is 0.420 e. The molecule has 0 atom stereocenters. The van der Waals surface area contributed by atoms with Crippen LogP contribution in [0.4, 0.5) is 0 Å². The molecule has 6 nitrogen and oxygen atoms in total. The highest BCUT2D eigenvalue weighted by Gasteiger charge is 2.13. The van der Waals surface area contributed by atoms with Crippen molar-refractivity contribution >= 4 is 33.7 Å². The van der Waals surface area contributed by atoms with E-state index in [-0.39, 0.29) is 6.54 Å². The number of rotatable bonds is 3. The average molecular weight is 358 g/mol. The van der Waals surface area contributed by atoms with Gasteiger partial charge >= 0.3 is 11.4 Å². The van der Waals surface area contributed by atoms with Gasteiger partial charge in [-0.05, 0) is 29.8 Å². The maximum Gasteiger partial charge on any atom is 0.420 e. The Bertz CT molecular complexity index is 1220. The van der Waals surface area contributed by atoms with E-state index in [0.29, 0.717) is 33.0 Å². The Morgan fingerprint density at radius 1 is 1.04 bits per heavy atom. The molecule has 2 aromatic carbocycles. The zero-order valence-electron chi connectivity index (χ0n) is 13.1. The van der Waals surface area contributed by atoms with E-state index in [2.05, 4.69) is 0 Å². The number of oxazole rings is 1. The van der Waals surface area contributed by atoms with Crippen molar-refractivity contribution in [2.75, 3.05) is 7.11 Å². The summed E-state index contributed by atoms with van der Waals surface area (Å²) in [5.74, 6) is 0.0561. The van der Waals surface area contributed by atoms with E-state index in [9.17, 15) is 9.59 Å². The van der Waals surface area contributed by atoms with Gasteiger partial charge in [-0.1, -0.05) is 11.6 Å². The minimum atomic E-state index is -0.521. The van der Waals surface area contributed by atoms with E-state index in [1.807, 2.05) is 0 Å². The van der Waals surface area contributed by atoms with Gasteiger partial charge in [-0.25, -0.2) is 9.59 Å². The van der Waals surface area contributed by atoms with Crippen molar-refractivity contribution < 1.29 is 13.6 Å². The first-order valence-corrected chi connectivity index (χ1v) is 7.82. The Morgan fingerprint density at radius 2 is 1.88 bits per heavy atom. The second-order valence-corrected chi connectivity index (χ2v) is 5.96. The molecule has 0 radical (unpaired) electrons. The predicted octanol–water partition coefficient (Wildman–Crippen LogP) is 3.41. The second-order valence-electron chi connectivity index (χ2n) is 5.52. The molecule has 0 aliphatic heterocycles. The molecule has 7 heteroatoms. The number of hydrogen-bond donors (Lipinski definition) is 0. The van der Waals surface area contributed by atoms with Gasteiger partial charge in [-0.3, -0.25) is 4.57 Å². The lowest BCUT2D eigenvalue weighted by molar-refractivity contribution is 0.414. The molecule has 4 rings (SSSR count). The average Bonchev–Trinajstić information content (AvgIpc) is 2.88. The van der Waals surface area contributed by atoms with Crippen molar-refractivity contribution in [1.82, 2.24) is 4.57 Å². The van der Waals surface area contributed by atoms with Crippen molar-refractivity contribution in [3.63, 3.8) is 0 Å². The van der Waals surface area contributed by atoms with Gasteiger partial charge in [0.25, 0.3) is 0 Å². The molecule has 0 spiro atoms. The lowest BCUT2D eigenvalue weighted by atomic mass is 10.1. The maximum absolute atomic E-state index is 12.2. The molecule has 0 saturated heterocycles. The van der Waals surface area contributed by atoms with Crippen LogP contribution < -0.4 is 16.1 Å². The van der Waals surface area contributed by atoms with Gasteiger partial charge in [0, 0.05) is 28.6 Å². The second kappa shape index (κ2) is 5.82. The minimum absolute atomic E-state index is 0.169. The van der Waals surface area contributed by atoms with E-state index in [1.165, 1.54) is 17.7 Å². The van der Waals surface area contributed by atoms with Crippen LogP contribution in [0.25, 0.3) is 22.1 Å². The molecule has 0 amide bonds. The third kappa shape index (κ3) is 2.70. The predicted molar refractivity (Wildman–Crippen MR) is 93.6 cm³/mol. The summed E-state index contributed by atoms with van der Waals surface area (Å²) in [6, 6.07) is 11.5. The number of nitrogens with zero attached hydrogens (tertiary/aromatic N) is 1. The maximum atomic E-state index is 12.2. The van der Waals surface area contributed by atoms with Crippen molar-refractivity contribution in [2.45, 2.75) is 6.54 Å². The Morgan fingerprint density at radius 3 is 2.68 bits per heavy atom. The molecule has 25 heavy (non-hydrogen) atoms. The van der Waals surface area contributed by atoms with Crippen LogP contribution in [0.2, 0.25) is 5.02 Å². The topological polar surface area (TPSA) is 74.6 Å². The molecular weight excluding hydrogens is 346 g/mol. The Hall–Kier alpha value is -2.99. The fourth-order valence-electron chi connectivity index (χ4n) is 2.83. The molecule has 0 bridgehead atoms. The molecular formula is C18H12ClNO5. The number of fused-ring (bicyclic) bond motifs is 2. The van der Waals surface area contributed by atoms with Crippen molar-refractivity contribution in [1.29, 1.82) is 0 Å². The van der Waals surface area contributed by atoms with Crippen LogP contribution >= 0.6 is 11.6 Å². The standard InChI is InChI=1S/C18H12ClNO5/c1-23-12-3-4-13-10(6-17(21)24-15(13)8-12)9-20-14-5-2-11(19)7-16(14)25-18(20)22/h2-8H,9H2,1H3. The number of halogens is 1. The first-order chi connectivity index (χ1) is 12.0. The summed E-state index contributed by atoms with van der Waals surface area (Å²) in [5, 5.41) is 1.20. The van der Waals surface area contributed by atoms with Crippen molar-refractivity contribution in [3.8, 4) is 5.75 Å². The highest BCUT2D eigenvalue weighted by molar-refractivity contribution is 6.31. The van der Waals surface area contributed by atoms with E-state index >= 15 is 0 Å². The summed E-state index contributed by atoms with van der Waals surface area (Å²) < 4.78 is 17.1. The summed E-state index contributed by atoms with van der Waals surface area (Å²) >= 11 is 5.93. The Kier molecular flexibility index (Phi) is 3.62. The SMILES string of the molecule is COc1ccc2c(Cn3c(=O)oc4cc(Cl)ccc43)cc(=O)oc2c1. The van der Waals surface area contributed by atoms with Gasteiger partial charge in [0.1, 0.15) is 11.3 Å². The van der Waals surface area contributed by atoms with Gasteiger partial charge < -0.3 is 13.6 Å². The first-order valence-electron chi connectivity index (χ1n) is 7.45. The molecule has 2 heterocycles. The van der Waals surface area contributed by atoms with Crippen LogP contribution in [0.5, 0.6) is 5.75 Å². The third-order valence-electron chi connectivity index (χ3n) is 4.00. The van der Waals surface area contributed by atoms with Gasteiger partial charge in [-0.15, -0.1) is 0 Å². The Balaban J connectivity index is 1.90. The van der Waals surface area contributed by atoms with E-state index in [0.717, 1.165) is 5.39 Å². The molecule has 0 aliphatic rings. The number of benzene rings is 2. The normalized spacial score (nSPS) is 11.3. The van der Waals surface area contributed by atoms with Crippen LogP contribution in [0, 0.1) is 0 Å². The summed E-state index contributed by atoms with van der Waals surface area (Å²) in [4.78, 5) is 24.1. The van der Waals surface area contributed by atoms with Gasteiger partial charge in [0.15, 0.2) is 5.58 Å². The van der Waals surface area contributed by atoms with Crippen LogP contribution in [0.15, 0.2) is 60.9 Å². The molecule has 0 N–H and O–H groups in total. The quantitative estimate of drug-likeness (QED) is 0.525. The van der Waals surface area contributed by atoms with Crippen LogP contribution in [-0.2, 0) is 6.54 Å². The summed E-state index contributed by atoms with van der Waals surface area (Å²) in [6.07, 6.45) is 0. The Labute approximate surface area is 145 Å². The highest BCUT2D eigenvalue weighted by atomic mass is 35.5. The number of aromatic nitrogens is 1. The van der Waals surface area contributed by atoms with E-state index < -0.39 is 11.4 Å². The number of methoxy groups -OCH3 is 1. The fraction of sp³-hybridized carbons (Fsp3) is 0.111. The highest BCUT2D eigenvalue weighted by Crippen LogP contribution is 2.24. The molecule has 2 aromatic heterocycles. The summed E-state index contributed by atoms with van der Waals surface area (Å²) in [5.41, 5.74) is 1.54. The minimum Gasteiger partial charge on any atom is -0.497 e. The lowest BCUT2D eigenvalue weighted by Crippen LogP contribution is -2.16. The number of ether oxygens (including phenoxy) is 1. The van der Waals surface area contributed by atoms with Crippen molar-refractivity contribution in [3.05, 3.63) is 74.0 Å². The third-order valence-corrected chi connectivity index (χ3v) is 4.23. The number of hydrogen-bond acceptors (Lipinski definition) is 5. The summed E-state index contributed by atoms with van der Waals surface area (Å²) in [7, 11) is 1.53. The fourth-order valence-corrected chi connectivity index (χ4v) is 2.99. The molecule has 0 unspecified atom stereocenters. The monoisotopic (exact) mass is 357 g/mol. The first kappa shape index (κ1) is 15.5. The largest absolute Gasteiger partial charge is 0.497 e. The molecule has 0 fully saturated rings. The molecule has 0 aliphatic carbocycles. The van der Waals surface area contributed by atoms with E-state index in [1.54, 1.807) is 36.4 Å². The lowest BCUT2D eigenvalue weighted by Gasteiger charge is -2.07. The van der Waals surface area contributed by atoms with Crippen LogP contribution in [0.1, 0.15) is 5.56 Å². The molecule has 126 valence electrons. The zero-order chi connectivity index (χ0) is 17.6. The van der Waals surface area contributed by atoms with Crippen LogP contribution in [-0.4, -0.2) is 11.7 Å². The van der Waals surface area contributed by atoms with Crippen LogP contribution in [0.3, 0.4) is 0 Å². The molecule has 4 aromatic rings. The van der Waals surface area contributed by atoms with Crippen molar-refractivity contribution in [2.24, 2.45) is 0 Å². The zero-order valence-corrected chi connectivity index (χ0v) is 13.9. The molecule has 0 saturated carbocycles.